The predicted molar refractivity (Wildman–Crippen MR) is 41.4 cm³/mol. The fourth-order valence-electron chi connectivity index (χ4n) is 0.618. The van der Waals surface area contributed by atoms with E-state index in [0.29, 0.717) is 0 Å². The molecule has 0 spiro atoms. The minimum absolute atomic E-state index is 0.310. The molecule has 0 aliphatic carbocycles. The van der Waals surface area contributed by atoms with Crippen LogP contribution in [0.4, 0.5) is 0 Å². The minimum atomic E-state index is -0.317. The van der Waals surface area contributed by atoms with Crippen LogP contribution in [-0.2, 0) is 0 Å². The summed E-state index contributed by atoms with van der Waals surface area (Å²) in [6.45, 7) is 0. The Balaban J connectivity index is 2.67. The van der Waals surface area contributed by atoms with Crippen molar-refractivity contribution in [1.29, 1.82) is 0 Å². The Morgan fingerprint density at radius 1 is 1.30 bits per heavy atom. The van der Waals surface area contributed by atoms with Crippen LogP contribution in [0, 0.1) is 10.1 Å². The van der Waals surface area contributed by atoms with Crippen LogP contribution in [0.5, 0.6) is 0 Å². The molecule has 0 N–H and O–H groups in total. The maximum absolute atomic E-state index is 9.99. The predicted octanol–water partition coefficient (Wildman–Crippen LogP) is 1.18. The SMILES string of the molecule is O=[N+]([O-])Pc1ccccc1. The first-order chi connectivity index (χ1) is 4.79. The summed E-state index contributed by atoms with van der Waals surface area (Å²) in [6.07, 6.45) is 0. The summed E-state index contributed by atoms with van der Waals surface area (Å²) in [6, 6.07) is 8.94. The molecule has 52 valence electrons. The maximum atomic E-state index is 9.99. The van der Waals surface area contributed by atoms with Crippen LogP contribution in [-0.4, -0.2) is 4.69 Å². The Kier molecular flexibility index (Phi) is 2.35. The largest absolute Gasteiger partial charge is 0.268 e. The van der Waals surface area contributed by atoms with Crippen molar-refractivity contribution in [2.24, 2.45) is 0 Å². The van der Waals surface area contributed by atoms with Gasteiger partial charge in [0, 0.05) is 10.00 Å². The van der Waals surface area contributed by atoms with Gasteiger partial charge in [-0.2, -0.15) is 0 Å². The molecule has 1 atom stereocenters. The molecule has 0 saturated carbocycles. The van der Waals surface area contributed by atoms with Gasteiger partial charge < -0.3 is 0 Å². The average Bonchev–Trinajstić information content (AvgIpc) is 1.88. The molecule has 0 aromatic heterocycles. The van der Waals surface area contributed by atoms with Crippen LogP contribution in [0.2, 0.25) is 0 Å². The van der Waals surface area contributed by atoms with Gasteiger partial charge in [-0.05, 0) is 12.1 Å². The molecule has 0 radical (unpaired) electrons. The number of hydrogen-bond donors (Lipinski definition) is 0. The first kappa shape index (κ1) is 7.16. The summed E-state index contributed by atoms with van der Waals surface area (Å²) in [5.74, 6) is 0. The van der Waals surface area contributed by atoms with E-state index in [1.165, 1.54) is 0 Å². The molecule has 0 aliphatic rings. The quantitative estimate of drug-likeness (QED) is 0.365. The van der Waals surface area contributed by atoms with Crippen LogP contribution in [0.3, 0.4) is 0 Å². The van der Waals surface area contributed by atoms with Crippen molar-refractivity contribution in [2.75, 3.05) is 0 Å². The molecule has 0 amide bonds. The Morgan fingerprint density at radius 3 is 2.40 bits per heavy atom. The van der Waals surface area contributed by atoms with Crippen LogP contribution < -0.4 is 5.30 Å². The summed E-state index contributed by atoms with van der Waals surface area (Å²) >= 11 is 0. The highest BCUT2D eigenvalue weighted by Gasteiger charge is 1.99. The minimum Gasteiger partial charge on any atom is -0.263 e. The van der Waals surface area contributed by atoms with E-state index in [4.69, 9.17) is 0 Å². The highest BCUT2D eigenvalue weighted by molar-refractivity contribution is 7.40. The second kappa shape index (κ2) is 3.28. The molecule has 0 aliphatic heterocycles. The van der Waals surface area contributed by atoms with Crippen molar-refractivity contribution in [3.63, 3.8) is 0 Å². The second-order valence-corrected chi connectivity index (χ2v) is 2.90. The zero-order valence-electron chi connectivity index (χ0n) is 5.15. The topological polar surface area (TPSA) is 43.1 Å². The molecule has 1 aromatic carbocycles. The zero-order valence-corrected chi connectivity index (χ0v) is 6.15. The summed E-state index contributed by atoms with van der Waals surface area (Å²) in [4.78, 5) is 9.99. The lowest BCUT2D eigenvalue weighted by Crippen LogP contribution is -1.95. The summed E-state index contributed by atoms with van der Waals surface area (Å²) in [5, 5.41) is 10.8. The monoisotopic (exact) mass is 155 g/mol. The van der Waals surface area contributed by atoms with Gasteiger partial charge in [0.05, 0.1) is 0 Å². The maximum Gasteiger partial charge on any atom is 0.268 e. The van der Waals surface area contributed by atoms with Crippen molar-refractivity contribution >= 4 is 14.0 Å². The first-order valence-corrected chi connectivity index (χ1v) is 3.70. The van der Waals surface area contributed by atoms with Gasteiger partial charge in [0.1, 0.15) is 0 Å². The van der Waals surface area contributed by atoms with Gasteiger partial charge in [0.15, 0.2) is 0 Å². The molecule has 0 saturated heterocycles. The van der Waals surface area contributed by atoms with Crippen molar-refractivity contribution in [1.82, 2.24) is 0 Å². The average molecular weight is 155 g/mol. The number of benzene rings is 1. The Morgan fingerprint density at radius 2 is 1.90 bits per heavy atom. The highest BCUT2D eigenvalue weighted by Crippen LogP contribution is 2.07. The standard InChI is InChI=1S/C6H6NO2P/c8-7(9)10-6-4-2-1-3-5-6/h1-5,10H. The first-order valence-electron chi connectivity index (χ1n) is 2.75. The smallest absolute Gasteiger partial charge is 0.263 e. The molecule has 3 nitrogen and oxygen atoms in total. The molecular weight excluding hydrogens is 149 g/mol. The molecule has 0 bridgehead atoms. The lowest BCUT2D eigenvalue weighted by Gasteiger charge is -1.89. The molecule has 0 fully saturated rings. The van der Waals surface area contributed by atoms with Crippen LogP contribution in [0.25, 0.3) is 0 Å². The van der Waals surface area contributed by atoms with Crippen LogP contribution in [0.1, 0.15) is 0 Å². The Labute approximate surface area is 60.1 Å². The highest BCUT2D eigenvalue weighted by atomic mass is 31.1. The van der Waals surface area contributed by atoms with E-state index >= 15 is 0 Å². The van der Waals surface area contributed by atoms with E-state index in [9.17, 15) is 10.1 Å². The molecule has 10 heavy (non-hydrogen) atoms. The number of nitro groups is 1. The number of rotatable bonds is 2. The third-order valence-corrected chi connectivity index (χ3v) is 1.77. The molecule has 4 heteroatoms. The van der Waals surface area contributed by atoms with E-state index in [1.54, 1.807) is 24.3 Å². The van der Waals surface area contributed by atoms with Gasteiger partial charge in [0.25, 0.3) is 8.73 Å². The molecule has 1 aromatic rings. The lowest BCUT2D eigenvalue weighted by atomic mass is 10.4. The molecular formula is C6H6NO2P. The van der Waals surface area contributed by atoms with Crippen molar-refractivity contribution in [2.45, 2.75) is 0 Å². The van der Waals surface area contributed by atoms with E-state index in [1.807, 2.05) is 6.07 Å². The third-order valence-electron chi connectivity index (χ3n) is 0.994. The lowest BCUT2D eigenvalue weighted by molar-refractivity contribution is -0.293. The van der Waals surface area contributed by atoms with Gasteiger partial charge in [-0.25, -0.2) is 0 Å². The van der Waals surface area contributed by atoms with E-state index < -0.39 is 0 Å². The van der Waals surface area contributed by atoms with Crippen molar-refractivity contribution in [3.8, 4) is 0 Å². The summed E-state index contributed by atoms with van der Waals surface area (Å²) < 4.78 is -0.310. The van der Waals surface area contributed by atoms with Crippen LogP contribution >= 0.6 is 8.73 Å². The molecule has 1 unspecified atom stereocenters. The van der Waals surface area contributed by atoms with Gasteiger partial charge in [-0.1, -0.05) is 18.2 Å². The molecule has 0 heterocycles. The van der Waals surface area contributed by atoms with Gasteiger partial charge in [0.2, 0.25) is 0 Å². The van der Waals surface area contributed by atoms with E-state index in [-0.39, 0.29) is 13.4 Å². The fraction of sp³-hybridized carbons (Fsp3) is 0. The van der Waals surface area contributed by atoms with Gasteiger partial charge >= 0.3 is 0 Å². The third kappa shape index (κ3) is 2.11. The van der Waals surface area contributed by atoms with E-state index in [0.717, 1.165) is 5.30 Å². The van der Waals surface area contributed by atoms with Crippen LogP contribution in [0.15, 0.2) is 30.3 Å². The fourth-order valence-corrected chi connectivity index (χ4v) is 1.17. The number of nitrogens with zero attached hydrogens (tertiary/aromatic N) is 1. The zero-order chi connectivity index (χ0) is 7.40. The van der Waals surface area contributed by atoms with Crippen molar-refractivity contribution < 1.29 is 4.69 Å². The number of hydrogen-bond acceptors (Lipinski definition) is 2. The summed E-state index contributed by atoms with van der Waals surface area (Å²) in [5.41, 5.74) is 0. The second-order valence-electron chi connectivity index (χ2n) is 1.73. The Bertz CT molecular complexity index is 224. The van der Waals surface area contributed by atoms with Gasteiger partial charge in [-0.15, -0.1) is 0 Å². The van der Waals surface area contributed by atoms with Crippen molar-refractivity contribution in [3.05, 3.63) is 40.4 Å². The van der Waals surface area contributed by atoms with E-state index in [2.05, 4.69) is 0 Å². The summed E-state index contributed by atoms with van der Waals surface area (Å²) in [7, 11) is -0.317. The normalized spacial score (nSPS) is 10.4. The Hall–Kier alpha value is -0.950. The van der Waals surface area contributed by atoms with Gasteiger partial charge in [-0.3, -0.25) is 10.1 Å². The molecule has 1 rings (SSSR count).